The third-order valence-electron chi connectivity index (χ3n) is 4.92. The average molecular weight is 398 g/mol. The van der Waals surface area contributed by atoms with E-state index in [0.29, 0.717) is 35.7 Å². The third kappa shape index (κ3) is 3.90. The van der Waals surface area contributed by atoms with Crippen molar-refractivity contribution in [3.05, 3.63) is 59.2 Å². The van der Waals surface area contributed by atoms with E-state index >= 15 is 0 Å². The topological polar surface area (TPSA) is 114 Å². The lowest BCUT2D eigenvalue weighted by molar-refractivity contribution is -0.123. The minimum atomic E-state index is -0.920. The molecule has 8 nitrogen and oxygen atoms in total. The molecule has 2 amide bonds. The van der Waals surface area contributed by atoms with E-state index in [2.05, 4.69) is 11.5 Å². The number of benzene rings is 2. The van der Waals surface area contributed by atoms with Crippen LogP contribution in [0.25, 0.3) is 0 Å². The molecule has 0 aliphatic carbocycles. The highest BCUT2D eigenvalue weighted by atomic mass is 16.5. The lowest BCUT2D eigenvalue weighted by atomic mass is 9.99. The highest BCUT2D eigenvalue weighted by molar-refractivity contribution is 6.04. The number of hydroxylamine groups is 1. The van der Waals surface area contributed by atoms with Crippen LogP contribution in [0.15, 0.2) is 36.4 Å². The Hall–Kier alpha value is -3.10. The van der Waals surface area contributed by atoms with E-state index < -0.39 is 18.0 Å². The fourth-order valence-corrected chi connectivity index (χ4v) is 3.71. The Balaban J connectivity index is 2.08. The molecule has 1 radical (unpaired) electrons. The van der Waals surface area contributed by atoms with Gasteiger partial charge in [-0.1, -0.05) is 24.3 Å². The second kappa shape index (κ2) is 8.93. The Morgan fingerprint density at radius 3 is 2.83 bits per heavy atom. The van der Waals surface area contributed by atoms with Gasteiger partial charge in [-0.2, -0.15) is 0 Å². The first-order chi connectivity index (χ1) is 14.0. The Kier molecular flexibility index (Phi) is 6.36. The molecule has 2 aromatic carbocycles. The lowest BCUT2D eigenvalue weighted by Crippen LogP contribution is -2.39. The molecule has 1 aliphatic heterocycles. The zero-order valence-electron chi connectivity index (χ0n) is 16.3. The second-order valence-corrected chi connectivity index (χ2v) is 6.57. The smallest absolute Gasteiger partial charge is 0.256 e. The molecule has 4 N–H and O–H groups in total. The van der Waals surface area contributed by atoms with Crippen LogP contribution < -0.4 is 20.7 Å². The molecule has 0 saturated carbocycles. The molecule has 0 bridgehead atoms. The molecule has 1 aliphatic rings. The number of hydrogen-bond donors (Lipinski definition) is 3. The quantitative estimate of drug-likeness (QED) is 0.557. The number of nitrogens with one attached hydrogen (secondary N) is 1. The van der Waals surface area contributed by atoms with E-state index in [1.54, 1.807) is 43.5 Å². The zero-order valence-corrected chi connectivity index (χ0v) is 16.3. The SMILES string of the molecule is CCOc1cc(C(CCNO)N2C(=O)c3[c]cccc3C2C(N)=O)ccc1OC. The molecule has 8 heteroatoms. The molecule has 153 valence electrons. The van der Waals surface area contributed by atoms with E-state index in [-0.39, 0.29) is 12.5 Å². The predicted molar refractivity (Wildman–Crippen MR) is 105 cm³/mol. The van der Waals surface area contributed by atoms with Gasteiger partial charge < -0.3 is 25.3 Å². The van der Waals surface area contributed by atoms with Crippen molar-refractivity contribution in [1.29, 1.82) is 0 Å². The molecular formula is C21H24N3O5. The minimum Gasteiger partial charge on any atom is -0.493 e. The molecule has 29 heavy (non-hydrogen) atoms. The summed E-state index contributed by atoms with van der Waals surface area (Å²) in [4.78, 5) is 26.9. The molecular weight excluding hydrogens is 374 g/mol. The van der Waals surface area contributed by atoms with Crippen LogP contribution in [0.4, 0.5) is 0 Å². The monoisotopic (exact) mass is 398 g/mol. The standard InChI is InChI=1S/C21H24N3O5/c1-3-29-18-12-13(8-9-17(18)28-2)16(10-11-23-27)24-19(20(22)25)14-6-4-5-7-15(14)21(24)26/h4-6,8-9,12,16,19,23,27H,3,10-11H2,1-2H3,(H2,22,25). The van der Waals surface area contributed by atoms with Gasteiger partial charge in [-0.05, 0) is 42.7 Å². The van der Waals surface area contributed by atoms with Gasteiger partial charge in [-0.15, -0.1) is 0 Å². The van der Waals surface area contributed by atoms with Crippen LogP contribution in [0.5, 0.6) is 11.5 Å². The number of nitrogens with two attached hydrogens (primary N) is 1. The van der Waals surface area contributed by atoms with Crippen molar-refractivity contribution < 1.29 is 24.3 Å². The van der Waals surface area contributed by atoms with Crippen molar-refractivity contribution in [2.75, 3.05) is 20.3 Å². The fraction of sp³-hybridized carbons (Fsp3) is 0.333. The zero-order chi connectivity index (χ0) is 21.0. The summed E-state index contributed by atoms with van der Waals surface area (Å²) < 4.78 is 11.0. The van der Waals surface area contributed by atoms with Crippen LogP contribution in [0.2, 0.25) is 0 Å². The number of primary amides is 1. The summed E-state index contributed by atoms with van der Waals surface area (Å²) in [6.45, 7) is 2.50. The van der Waals surface area contributed by atoms with Gasteiger partial charge in [0, 0.05) is 6.54 Å². The summed E-state index contributed by atoms with van der Waals surface area (Å²) in [5.74, 6) is 0.129. The number of hydrogen-bond acceptors (Lipinski definition) is 6. The Bertz CT molecular complexity index is 902. The molecule has 0 spiro atoms. The average Bonchev–Trinajstić information content (AvgIpc) is 3.02. The number of nitrogens with zero attached hydrogens (tertiary/aromatic N) is 1. The van der Waals surface area contributed by atoms with Crippen LogP contribution >= 0.6 is 0 Å². The van der Waals surface area contributed by atoms with Gasteiger partial charge in [-0.25, -0.2) is 5.48 Å². The first kappa shape index (κ1) is 20.6. The Labute approximate surface area is 169 Å². The van der Waals surface area contributed by atoms with Gasteiger partial charge in [0.05, 0.1) is 25.3 Å². The summed E-state index contributed by atoms with van der Waals surface area (Å²) in [5.41, 5.74) is 9.39. The highest BCUT2D eigenvalue weighted by Gasteiger charge is 2.44. The first-order valence-corrected chi connectivity index (χ1v) is 9.33. The molecule has 2 atom stereocenters. The maximum absolute atomic E-state index is 13.2. The van der Waals surface area contributed by atoms with Gasteiger partial charge in [0.25, 0.3) is 5.91 Å². The molecule has 0 fully saturated rings. The van der Waals surface area contributed by atoms with Crippen molar-refractivity contribution in [1.82, 2.24) is 10.4 Å². The van der Waals surface area contributed by atoms with E-state index in [9.17, 15) is 9.59 Å². The molecule has 0 saturated heterocycles. The normalized spacial score (nSPS) is 16.4. The third-order valence-corrected chi connectivity index (χ3v) is 4.92. The molecule has 1 heterocycles. The van der Waals surface area contributed by atoms with Gasteiger partial charge in [0.15, 0.2) is 11.5 Å². The van der Waals surface area contributed by atoms with E-state index in [1.807, 2.05) is 6.92 Å². The highest BCUT2D eigenvalue weighted by Crippen LogP contribution is 2.42. The Morgan fingerprint density at radius 2 is 2.17 bits per heavy atom. The molecule has 2 aromatic rings. The van der Waals surface area contributed by atoms with Gasteiger partial charge in [-0.3, -0.25) is 9.59 Å². The number of carbonyl (C=O) groups excluding carboxylic acids is 2. The predicted octanol–water partition coefficient (Wildman–Crippen LogP) is 1.99. The maximum atomic E-state index is 13.2. The summed E-state index contributed by atoms with van der Waals surface area (Å²) in [7, 11) is 1.55. The number of carbonyl (C=O) groups is 2. The van der Waals surface area contributed by atoms with Crippen molar-refractivity contribution >= 4 is 11.8 Å². The summed E-state index contributed by atoms with van der Waals surface area (Å²) in [5, 5.41) is 9.14. The summed E-state index contributed by atoms with van der Waals surface area (Å²) >= 11 is 0. The first-order valence-electron chi connectivity index (χ1n) is 9.33. The Morgan fingerprint density at radius 1 is 1.38 bits per heavy atom. The fourth-order valence-electron chi connectivity index (χ4n) is 3.71. The minimum absolute atomic E-state index is 0.204. The largest absolute Gasteiger partial charge is 0.493 e. The van der Waals surface area contributed by atoms with Crippen molar-refractivity contribution in [3.8, 4) is 11.5 Å². The second-order valence-electron chi connectivity index (χ2n) is 6.57. The van der Waals surface area contributed by atoms with Crippen molar-refractivity contribution in [2.45, 2.75) is 25.4 Å². The van der Waals surface area contributed by atoms with Crippen LogP contribution in [0.3, 0.4) is 0 Å². The van der Waals surface area contributed by atoms with Crippen LogP contribution in [0.1, 0.15) is 46.9 Å². The molecule has 0 aromatic heterocycles. The van der Waals surface area contributed by atoms with E-state index in [4.69, 9.17) is 20.4 Å². The molecule has 3 rings (SSSR count). The van der Waals surface area contributed by atoms with E-state index in [0.717, 1.165) is 5.56 Å². The van der Waals surface area contributed by atoms with Crippen molar-refractivity contribution in [3.63, 3.8) is 0 Å². The summed E-state index contributed by atoms with van der Waals surface area (Å²) in [6.07, 6.45) is 0.345. The number of ether oxygens (including phenoxy) is 2. The number of methoxy groups -OCH3 is 1. The van der Waals surface area contributed by atoms with Crippen LogP contribution in [-0.2, 0) is 4.79 Å². The van der Waals surface area contributed by atoms with Gasteiger partial charge in [0.2, 0.25) is 5.91 Å². The maximum Gasteiger partial charge on any atom is 0.256 e. The number of amides is 2. The van der Waals surface area contributed by atoms with Gasteiger partial charge >= 0.3 is 0 Å². The number of rotatable bonds is 9. The molecule has 2 unspecified atom stereocenters. The summed E-state index contributed by atoms with van der Waals surface area (Å²) in [6, 6.07) is 11.9. The van der Waals surface area contributed by atoms with Crippen LogP contribution in [0, 0.1) is 6.07 Å². The number of fused-ring (bicyclic) bond motifs is 1. The van der Waals surface area contributed by atoms with E-state index in [1.165, 1.54) is 4.90 Å². The van der Waals surface area contributed by atoms with Gasteiger partial charge in [0.1, 0.15) is 6.04 Å². The van der Waals surface area contributed by atoms with Crippen LogP contribution in [-0.4, -0.2) is 42.2 Å². The lowest BCUT2D eigenvalue weighted by Gasteiger charge is -2.33. The van der Waals surface area contributed by atoms with Crippen molar-refractivity contribution in [2.24, 2.45) is 5.73 Å².